The van der Waals surface area contributed by atoms with E-state index in [2.05, 4.69) is 21.6 Å². The summed E-state index contributed by atoms with van der Waals surface area (Å²) in [4.78, 5) is 4.13. The number of nitrogens with zero attached hydrogens (tertiary/aromatic N) is 2. The maximum Gasteiger partial charge on any atom is 0.147 e. The number of pyridine rings is 1. The van der Waals surface area contributed by atoms with Gasteiger partial charge in [0.1, 0.15) is 10.8 Å². The molecule has 0 radical (unpaired) electrons. The molecule has 0 spiro atoms. The Balaban J connectivity index is 2.12. The fourth-order valence-corrected chi connectivity index (χ4v) is 2.55. The van der Waals surface area contributed by atoms with Crippen LogP contribution in [0.25, 0.3) is 11.1 Å². The molecule has 2 aromatic rings. The Labute approximate surface area is 111 Å². The van der Waals surface area contributed by atoms with E-state index in [9.17, 15) is 0 Å². The van der Waals surface area contributed by atoms with Gasteiger partial charge in [-0.2, -0.15) is 4.37 Å². The molecule has 4 nitrogen and oxygen atoms in total. The lowest BCUT2D eigenvalue weighted by Crippen LogP contribution is -2.01. The zero-order valence-corrected chi connectivity index (χ0v) is 11.3. The Morgan fingerprint density at radius 1 is 1.39 bits per heavy atom. The Bertz CT molecular complexity index is 481. The van der Waals surface area contributed by atoms with Crippen molar-refractivity contribution >= 4 is 22.4 Å². The molecule has 18 heavy (non-hydrogen) atoms. The van der Waals surface area contributed by atoms with Gasteiger partial charge in [0.05, 0.1) is 5.56 Å². The van der Waals surface area contributed by atoms with Crippen LogP contribution in [0.1, 0.15) is 26.2 Å². The third-order valence-corrected chi connectivity index (χ3v) is 3.55. The molecular weight excluding hydrogens is 244 g/mol. The van der Waals surface area contributed by atoms with E-state index in [1.165, 1.54) is 30.8 Å². The third-order valence-electron chi connectivity index (χ3n) is 2.73. The second-order valence-corrected chi connectivity index (χ2v) is 4.92. The van der Waals surface area contributed by atoms with E-state index in [0.29, 0.717) is 5.82 Å². The molecule has 0 aliphatic heterocycles. The number of anilines is 2. The van der Waals surface area contributed by atoms with E-state index >= 15 is 0 Å². The zero-order chi connectivity index (χ0) is 12.8. The summed E-state index contributed by atoms with van der Waals surface area (Å²) in [5.41, 5.74) is 7.93. The van der Waals surface area contributed by atoms with Crippen LogP contribution < -0.4 is 11.1 Å². The van der Waals surface area contributed by atoms with Crippen LogP contribution in [0.15, 0.2) is 24.5 Å². The summed E-state index contributed by atoms with van der Waals surface area (Å²) < 4.78 is 4.22. The summed E-state index contributed by atoms with van der Waals surface area (Å²) in [7, 11) is 0. The first-order valence-electron chi connectivity index (χ1n) is 6.22. The Morgan fingerprint density at radius 3 is 3.00 bits per heavy atom. The Morgan fingerprint density at radius 2 is 2.28 bits per heavy atom. The largest absolute Gasteiger partial charge is 0.382 e. The predicted molar refractivity (Wildman–Crippen MR) is 77.8 cm³/mol. The molecule has 0 bridgehead atoms. The van der Waals surface area contributed by atoms with Crippen molar-refractivity contribution in [2.75, 3.05) is 17.6 Å². The predicted octanol–water partition coefficient (Wildman–Crippen LogP) is 3.39. The first kappa shape index (κ1) is 12.8. The van der Waals surface area contributed by atoms with Crippen molar-refractivity contribution in [2.45, 2.75) is 26.2 Å². The maximum atomic E-state index is 5.94. The standard InChI is InChI=1S/C13H18N4S/c1-2-3-4-8-16-13-11(12(14)17-18-13)10-6-5-7-15-9-10/h5-7,9,16H,2-4,8H2,1H3,(H2,14,17). The quantitative estimate of drug-likeness (QED) is 0.783. The lowest BCUT2D eigenvalue weighted by Gasteiger charge is -2.06. The number of nitrogens with one attached hydrogen (secondary N) is 1. The molecular formula is C13H18N4S. The average molecular weight is 262 g/mol. The second kappa shape index (κ2) is 6.35. The van der Waals surface area contributed by atoms with Crippen molar-refractivity contribution < 1.29 is 0 Å². The van der Waals surface area contributed by atoms with Crippen LogP contribution in [0.5, 0.6) is 0 Å². The lowest BCUT2D eigenvalue weighted by molar-refractivity contribution is 0.744. The third kappa shape index (κ3) is 2.98. The van der Waals surface area contributed by atoms with Crippen LogP contribution in [-0.4, -0.2) is 15.9 Å². The van der Waals surface area contributed by atoms with E-state index in [4.69, 9.17) is 5.73 Å². The van der Waals surface area contributed by atoms with Crippen molar-refractivity contribution in [1.82, 2.24) is 9.36 Å². The molecule has 0 unspecified atom stereocenters. The molecule has 0 amide bonds. The van der Waals surface area contributed by atoms with Crippen molar-refractivity contribution in [1.29, 1.82) is 0 Å². The molecule has 2 heterocycles. The summed E-state index contributed by atoms with van der Waals surface area (Å²) in [6.07, 6.45) is 7.21. The molecule has 0 atom stereocenters. The van der Waals surface area contributed by atoms with Gasteiger partial charge in [-0.05, 0) is 24.0 Å². The molecule has 96 valence electrons. The minimum atomic E-state index is 0.575. The van der Waals surface area contributed by atoms with Crippen LogP contribution in [-0.2, 0) is 0 Å². The van der Waals surface area contributed by atoms with Gasteiger partial charge < -0.3 is 11.1 Å². The normalized spacial score (nSPS) is 10.5. The van der Waals surface area contributed by atoms with Crippen molar-refractivity contribution in [2.24, 2.45) is 0 Å². The number of nitrogens with two attached hydrogens (primary N) is 1. The summed E-state index contributed by atoms with van der Waals surface area (Å²) in [6.45, 7) is 3.16. The molecule has 0 aromatic carbocycles. The topological polar surface area (TPSA) is 63.8 Å². The fraction of sp³-hybridized carbons (Fsp3) is 0.385. The smallest absolute Gasteiger partial charge is 0.147 e. The van der Waals surface area contributed by atoms with Crippen LogP contribution >= 0.6 is 11.5 Å². The highest BCUT2D eigenvalue weighted by Crippen LogP contribution is 2.36. The van der Waals surface area contributed by atoms with Crippen LogP contribution in [0.2, 0.25) is 0 Å². The summed E-state index contributed by atoms with van der Waals surface area (Å²) in [5.74, 6) is 0.575. The minimum absolute atomic E-state index is 0.575. The Hall–Kier alpha value is -1.62. The fourth-order valence-electron chi connectivity index (χ4n) is 1.79. The first-order valence-corrected chi connectivity index (χ1v) is 6.99. The summed E-state index contributed by atoms with van der Waals surface area (Å²) in [6, 6.07) is 3.91. The van der Waals surface area contributed by atoms with E-state index < -0.39 is 0 Å². The van der Waals surface area contributed by atoms with Crippen LogP contribution in [0.4, 0.5) is 10.8 Å². The number of rotatable bonds is 6. The number of hydrogen-bond donors (Lipinski definition) is 2. The molecule has 0 saturated carbocycles. The summed E-state index contributed by atoms with van der Waals surface area (Å²) >= 11 is 1.42. The maximum absolute atomic E-state index is 5.94. The summed E-state index contributed by atoms with van der Waals surface area (Å²) in [5, 5.41) is 4.45. The van der Waals surface area contributed by atoms with Gasteiger partial charge in [0.15, 0.2) is 0 Å². The van der Waals surface area contributed by atoms with E-state index in [1.807, 2.05) is 18.3 Å². The SMILES string of the molecule is CCCCCNc1snc(N)c1-c1cccnc1. The highest BCUT2D eigenvalue weighted by molar-refractivity contribution is 7.11. The van der Waals surface area contributed by atoms with Gasteiger partial charge in [0.25, 0.3) is 0 Å². The first-order chi connectivity index (χ1) is 8.83. The van der Waals surface area contributed by atoms with Crippen molar-refractivity contribution in [3.05, 3.63) is 24.5 Å². The molecule has 0 fully saturated rings. The van der Waals surface area contributed by atoms with Gasteiger partial charge in [0.2, 0.25) is 0 Å². The highest BCUT2D eigenvalue weighted by Gasteiger charge is 2.13. The number of unbranched alkanes of at least 4 members (excludes halogenated alkanes) is 2. The number of aromatic nitrogens is 2. The molecule has 3 N–H and O–H groups in total. The van der Waals surface area contributed by atoms with E-state index in [1.54, 1.807) is 6.20 Å². The minimum Gasteiger partial charge on any atom is -0.382 e. The highest BCUT2D eigenvalue weighted by atomic mass is 32.1. The van der Waals surface area contributed by atoms with Crippen LogP contribution in [0, 0.1) is 0 Å². The van der Waals surface area contributed by atoms with Crippen molar-refractivity contribution in [3.63, 3.8) is 0 Å². The van der Waals surface area contributed by atoms with Gasteiger partial charge in [-0.1, -0.05) is 25.8 Å². The average Bonchev–Trinajstić information content (AvgIpc) is 2.77. The van der Waals surface area contributed by atoms with Crippen molar-refractivity contribution in [3.8, 4) is 11.1 Å². The molecule has 2 rings (SSSR count). The van der Waals surface area contributed by atoms with Gasteiger partial charge in [-0.15, -0.1) is 0 Å². The van der Waals surface area contributed by atoms with Crippen LogP contribution in [0.3, 0.4) is 0 Å². The lowest BCUT2D eigenvalue weighted by atomic mass is 10.1. The van der Waals surface area contributed by atoms with E-state index in [0.717, 1.165) is 22.7 Å². The molecule has 0 saturated heterocycles. The zero-order valence-electron chi connectivity index (χ0n) is 10.5. The van der Waals surface area contributed by atoms with Gasteiger partial charge >= 0.3 is 0 Å². The molecule has 0 aliphatic rings. The second-order valence-electron chi connectivity index (χ2n) is 4.15. The number of nitrogen functional groups attached to an aromatic ring is 1. The Kier molecular flexibility index (Phi) is 4.52. The van der Waals surface area contributed by atoms with Gasteiger partial charge in [-0.25, -0.2) is 0 Å². The monoisotopic (exact) mass is 262 g/mol. The van der Waals surface area contributed by atoms with E-state index in [-0.39, 0.29) is 0 Å². The molecule has 5 heteroatoms. The molecule has 0 aliphatic carbocycles. The molecule has 2 aromatic heterocycles. The van der Waals surface area contributed by atoms with Gasteiger partial charge in [-0.3, -0.25) is 4.98 Å². The number of hydrogen-bond acceptors (Lipinski definition) is 5. The van der Waals surface area contributed by atoms with Gasteiger partial charge in [0, 0.05) is 24.5 Å².